The number of aliphatic hydroxyl groups is 1. The normalized spacial score (nSPS) is 24.3. The SMILES string of the molecule is CC1OCCC1(C)NC(=O)c1ccc(C#CCO)cc1F. The number of carbonyl (C=O) groups excluding carboxylic acids is 1. The van der Waals surface area contributed by atoms with E-state index in [1.807, 2.05) is 13.8 Å². The van der Waals surface area contributed by atoms with Crippen molar-refractivity contribution in [3.63, 3.8) is 0 Å². The van der Waals surface area contributed by atoms with E-state index in [2.05, 4.69) is 17.2 Å². The van der Waals surface area contributed by atoms with Gasteiger partial charge in [-0.05, 0) is 38.5 Å². The van der Waals surface area contributed by atoms with Gasteiger partial charge in [0, 0.05) is 12.2 Å². The fourth-order valence-electron chi connectivity index (χ4n) is 2.24. The number of benzene rings is 1. The van der Waals surface area contributed by atoms with Gasteiger partial charge in [0.2, 0.25) is 0 Å². The lowest BCUT2D eigenvalue weighted by atomic mass is 9.94. The van der Waals surface area contributed by atoms with Crippen molar-refractivity contribution in [1.82, 2.24) is 5.32 Å². The molecule has 0 radical (unpaired) electrons. The summed E-state index contributed by atoms with van der Waals surface area (Å²) in [6.45, 7) is 4.06. The molecule has 0 aromatic heterocycles. The third-order valence-electron chi connectivity index (χ3n) is 3.81. The predicted octanol–water partition coefficient (Wildman–Crippen LogP) is 1.47. The molecule has 21 heavy (non-hydrogen) atoms. The van der Waals surface area contributed by atoms with Gasteiger partial charge in [-0.1, -0.05) is 11.8 Å². The summed E-state index contributed by atoms with van der Waals surface area (Å²) in [6, 6.07) is 4.14. The summed E-state index contributed by atoms with van der Waals surface area (Å²) in [6.07, 6.45) is 0.584. The number of hydrogen-bond acceptors (Lipinski definition) is 3. The minimum atomic E-state index is -0.632. The van der Waals surface area contributed by atoms with Crippen molar-refractivity contribution in [3.8, 4) is 11.8 Å². The van der Waals surface area contributed by atoms with Crippen molar-refractivity contribution < 1.29 is 19.0 Å². The number of hydrogen-bond donors (Lipinski definition) is 2. The Labute approximate surface area is 123 Å². The first-order valence-electron chi connectivity index (χ1n) is 6.79. The second-order valence-corrected chi connectivity index (χ2v) is 5.29. The predicted molar refractivity (Wildman–Crippen MR) is 76.3 cm³/mol. The van der Waals surface area contributed by atoms with Gasteiger partial charge in [0.1, 0.15) is 12.4 Å². The summed E-state index contributed by atoms with van der Waals surface area (Å²) in [4.78, 5) is 12.2. The van der Waals surface area contributed by atoms with Crippen LogP contribution in [0.15, 0.2) is 18.2 Å². The zero-order valence-corrected chi connectivity index (χ0v) is 12.1. The van der Waals surface area contributed by atoms with Crippen LogP contribution in [0.4, 0.5) is 4.39 Å². The molecule has 0 aliphatic carbocycles. The van der Waals surface area contributed by atoms with Crippen LogP contribution in [-0.4, -0.2) is 35.9 Å². The van der Waals surface area contributed by atoms with E-state index >= 15 is 0 Å². The fourth-order valence-corrected chi connectivity index (χ4v) is 2.24. The van der Waals surface area contributed by atoms with E-state index in [1.165, 1.54) is 12.1 Å². The minimum absolute atomic E-state index is 0.0233. The highest BCUT2D eigenvalue weighted by Gasteiger charge is 2.38. The number of ether oxygens (including phenoxy) is 1. The molecule has 0 bridgehead atoms. The lowest BCUT2D eigenvalue weighted by molar-refractivity contribution is 0.0724. The minimum Gasteiger partial charge on any atom is -0.384 e. The molecule has 2 N–H and O–H groups in total. The van der Waals surface area contributed by atoms with Crippen LogP contribution in [0.3, 0.4) is 0 Å². The summed E-state index contributed by atoms with van der Waals surface area (Å²) in [7, 11) is 0. The third kappa shape index (κ3) is 3.41. The highest BCUT2D eigenvalue weighted by atomic mass is 19.1. The molecule has 1 saturated heterocycles. The first-order valence-corrected chi connectivity index (χ1v) is 6.79. The Balaban J connectivity index is 2.16. The maximum Gasteiger partial charge on any atom is 0.254 e. The highest BCUT2D eigenvalue weighted by Crippen LogP contribution is 2.25. The summed E-state index contributed by atoms with van der Waals surface area (Å²) >= 11 is 0. The molecule has 4 nitrogen and oxygen atoms in total. The average Bonchev–Trinajstić information content (AvgIpc) is 2.76. The maximum atomic E-state index is 14.0. The van der Waals surface area contributed by atoms with Crippen LogP contribution in [0.1, 0.15) is 36.2 Å². The van der Waals surface area contributed by atoms with Crippen molar-refractivity contribution in [2.75, 3.05) is 13.2 Å². The zero-order chi connectivity index (χ0) is 15.5. The monoisotopic (exact) mass is 291 g/mol. The second-order valence-electron chi connectivity index (χ2n) is 5.29. The van der Waals surface area contributed by atoms with Crippen molar-refractivity contribution in [2.24, 2.45) is 0 Å². The standard InChI is InChI=1S/C16H18FNO3/c1-11-16(2,7-9-21-11)18-15(20)13-6-5-12(4-3-8-19)10-14(13)17/h5-6,10-11,19H,7-9H2,1-2H3,(H,18,20). The summed E-state index contributed by atoms with van der Waals surface area (Å²) in [5.74, 6) is 3.93. The van der Waals surface area contributed by atoms with Gasteiger partial charge in [-0.3, -0.25) is 4.79 Å². The van der Waals surface area contributed by atoms with E-state index in [0.717, 1.165) is 0 Å². The molecule has 1 aromatic rings. The summed E-state index contributed by atoms with van der Waals surface area (Å²) < 4.78 is 19.4. The molecule has 0 spiro atoms. The van der Waals surface area contributed by atoms with E-state index in [9.17, 15) is 9.18 Å². The van der Waals surface area contributed by atoms with Gasteiger partial charge in [0.15, 0.2) is 0 Å². The molecule has 112 valence electrons. The van der Waals surface area contributed by atoms with Crippen molar-refractivity contribution in [3.05, 3.63) is 35.1 Å². The van der Waals surface area contributed by atoms with Crippen molar-refractivity contribution in [2.45, 2.75) is 31.9 Å². The molecule has 2 rings (SSSR count). The van der Waals surface area contributed by atoms with Crippen LogP contribution in [0.2, 0.25) is 0 Å². The molecule has 0 saturated carbocycles. The van der Waals surface area contributed by atoms with E-state index in [-0.39, 0.29) is 18.3 Å². The molecule has 1 amide bonds. The van der Waals surface area contributed by atoms with Crippen LogP contribution in [-0.2, 0) is 4.74 Å². The van der Waals surface area contributed by atoms with Crippen LogP contribution in [0.25, 0.3) is 0 Å². The van der Waals surface area contributed by atoms with Gasteiger partial charge >= 0.3 is 0 Å². The van der Waals surface area contributed by atoms with Crippen molar-refractivity contribution >= 4 is 5.91 Å². The first-order chi connectivity index (χ1) is 9.96. The summed E-state index contributed by atoms with van der Waals surface area (Å²) in [5.41, 5.74) is -0.0921. The average molecular weight is 291 g/mol. The Kier molecular flexibility index (Phi) is 4.61. The van der Waals surface area contributed by atoms with Crippen LogP contribution >= 0.6 is 0 Å². The van der Waals surface area contributed by atoms with Crippen LogP contribution in [0, 0.1) is 17.7 Å². The Morgan fingerprint density at radius 2 is 2.38 bits per heavy atom. The van der Waals surface area contributed by atoms with Gasteiger partial charge in [-0.15, -0.1) is 0 Å². The molecule has 2 atom stereocenters. The van der Waals surface area contributed by atoms with E-state index in [0.29, 0.717) is 18.6 Å². The molecular formula is C16H18FNO3. The van der Waals surface area contributed by atoms with E-state index in [1.54, 1.807) is 6.07 Å². The van der Waals surface area contributed by atoms with Crippen LogP contribution < -0.4 is 5.32 Å². The maximum absolute atomic E-state index is 14.0. The molecule has 1 aliphatic heterocycles. The lowest BCUT2D eigenvalue weighted by Gasteiger charge is -2.28. The molecule has 1 aliphatic rings. The van der Waals surface area contributed by atoms with E-state index < -0.39 is 17.3 Å². The Hall–Kier alpha value is -1.90. The number of aliphatic hydroxyl groups excluding tert-OH is 1. The van der Waals surface area contributed by atoms with Gasteiger partial charge in [0.05, 0.1) is 17.2 Å². The van der Waals surface area contributed by atoms with Gasteiger partial charge < -0.3 is 15.2 Å². The third-order valence-corrected chi connectivity index (χ3v) is 3.81. The number of nitrogens with one attached hydrogen (secondary N) is 1. The molecule has 1 aromatic carbocycles. The van der Waals surface area contributed by atoms with E-state index in [4.69, 9.17) is 9.84 Å². The molecule has 2 unspecified atom stereocenters. The first kappa shape index (κ1) is 15.5. The number of halogens is 1. The smallest absolute Gasteiger partial charge is 0.254 e. The Bertz CT molecular complexity index is 605. The zero-order valence-electron chi connectivity index (χ0n) is 12.1. The van der Waals surface area contributed by atoms with Crippen molar-refractivity contribution in [1.29, 1.82) is 0 Å². The number of carbonyl (C=O) groups is 1. The Morgan fingerprint density at radius 3 is 2.95 bits per heavy atom. The number of amides is 1. The lowest BCUT2D eigenvalue weighted by Crippen LogP contribution is -2.50. The quantitative estimate of drug-likeness (QED) is 0.811. The fraction of sp³-hybridized carbons (Fsp3) is 0.438. The van der Waals surface area contributed by atoms with Crippen LogP contribution in [0.5, 0.6) is 0 Å². The van der Waals surface area contributed by atoms with Gasteiger partial charge in [0.25, 0.3) is 5.91 Å². The topological polar surface area (TPSA) is 58.6 Å². The Morgan fingerprint density at radius 1 is 1.62 bits per heavy atom. The van der Waals surface area contributed by atoms with Gasteiger partial charge in [-0.25, -0.2) is 4.39 Å². The second kappa shape index (κ2) is 6.25. The molecule has 1 fully saturated rings. The summed E-state index contributed by atoms with van der Waals surface area (Å²) in [5, 5.41) is 11.5. The highest BCUT2D eigenvalue weighted by molar-refractivity contribution is 5.95. The largest absolute Gasteiger partial charge is 0.384 e. The molecule has 1 heterocycles. The molecule has 5 heteroatoms. The number of rotatable bonds is 2. The molecular weight excluding hydrogens is 273 g/mol. The van der Waals surface area contributed by atoms with Gasteiger partial charge in [-0.2, -0.15) is 0 Å².